The van der Waals surface area contributed by atoms with Crippen molar-refractivity contribution in [2.75, 3.05) is 5.32 Å². The lowest BCUT2D eigenvalue weighted by molar-refractivity contribution is -0.119. The Bertz CT molecular complexity index is 296. The highest BCUT2D eigenvalue weighted by Gasteiger charge is 2.11. The van der Waals surface area contributed by atoms with Crippen LogP contribution in [0.5, 0.6) is 0 Å². The fourth-order valence-electron chi connectivity index (χ4n) is 0.853. The maximum absolute atomic E-state index is 11.4. The molecule has 1 heterocycles. The summed E-state index contributed by atoms with van der Waals surface area (Å²) >= 11 is 1.32. The third kappa shape index (κ3) is 2.81. The predicted molar refractivity (Wildman–Crippen MR) is 54.9 cm³/mol. The van der Waals surface area contributed by atoms with Gasteiger partial charge >= 0.3 is 0 Å². The monoisotopic (exact) mass is 198 g/mol. The lowest BCUT2D eigenvalue weighted by Crippen LogP contribution is -2.18. The molecule has 1 rings (SSSR count). The molecule has 0 bridgehead atoms. The van der Waals surface area contributed by atoms with E-state index < -0.39 is 0 Å². The van der Waals surface area contributed by atoms with Gasteiger partial charge < -0.3 is 5.32 Å². The Balaban J connectivity index is 2.54. The van der Waals surface area contributed by atoms with E-state index in [2.05, 4.69) is 9.69 Å². The van der Waals surface area contributed by atoms with E-state index >= 15 is 0 Å². The van der Waals surface area contributed by atoms with Crippen LogP contribution in [0.25, 0.3) is 0 Å². The molecule has 0 spiro atoms. The molecule has 0 aliphatic carbocycles. The average Bonchev–Trinajstić information content (AvgIpc) is 2.49. The number of nitrogens with zero attached hydrogens (tertiary/aromatic N) is 1. The smallest absolute Gasteiger partial charge is 0.227 e. The molecular formula is C9H14N2OS. The molecule has 1 unspecified atom stereocenters. The second kappa shape index (κ2) is 4.37. The number of hydrogen-bond acceptors (Lipinski definition) is 3. The number of hydrogen-bond donors (Lipinski definition) is 1. The lowest BCUT2D eigenvalue weighted by atomic mass is 10.1. The second-order valence-electron chi connectivity index (χ2n) is 3.13. The van der Waals surface area contributed by atoms with E-state index in [1.807, 2.05) is 26.8 Å². The van der Waals surface area contributed by atoms with Crippen molar-refractivity contribution in [2.45, 2.75) is 27.2 Å². The van der Waals surface area contributed by atoms with Gasteiger partial charge in [0.05, 0.1) is 5.69 Å². The summed E-state index contributed by atoms with van der Waals surface area (Å²) < 4.78 is 4.08. The molecule has 1 amide bonds. The van der Waals surface area contributed by atoms with Crippen molar-refractivity contribution < 1.29 is 4.79 Å². The Labute approximate surface area is 82.3 Å². The molecule has 1 aromatic rings. The van der Waals surface area contributed by atoms with Gasteiger partial charge in [-0.3, -0.25) is 4.79 Å². The van der Waals surface area contributed by atoms with Gasteiger partial charge in [0.1, 0.15) is 5.00 Å². The van der Waals surface area contributed by atoms with Crippen LogP contribution >= 0.6 is 11.5 Å². The summed E-state index contributed by atoms with van der Waals surface area (Å²) in [5.74, 6) is 0.147. The number of carbonyl (C=O) groups excluding carboxylic acids is 1. The van der Waals surface area contributed by atoms with Gasteiger partial charge in [0.25, 0.3) is 0 Å². The molecule has 1 aromatic heterocycles. The third-order valence-electron chi connectivity index (χ3n) is 1.93. The highest BCUT2D eigenvalue weighted by atomic mass is 32.1. The number of amides is 1. The predicted octanol–water partition coefficient (Wildman–Crippen LogP) is 2.44. The van der Waals surface area contributed by atoms with Gasteiger partial charge in [-0.15, -0.1) is 0 Å². The first-order chi connectivity index (χ1) is 6.13. The molecule has 0 aromatic carbocycles. The van der Waals surface area contributed by atoms with Crippen molar-refractivity contribution in [3.05, 3.63) is 11.8 Å². The summed E-state index contributed by atoms with van der Waals surface area (Å²) in [5, 5.41) is 3.67. The highest BCUT2D eigenvalue weighted by molar-refractivity contribution is 7.10. The molecule has 3 nitrogen and oxygen atoms in total. The molecule has 4 heteroatoms. The molecular weight excluding hydrogens is 184 g/mol. The van der Waals surface area contributed by atoms with Gasteiger partial charge in [0.2, 0.25) is 5.91 Å². The van der Waals surface area contributed by atoms with E-state index in [0.29, 0.717) is 0 Å². The first-order valence-corrected chi connectivity index (χ1v) is 5.15. The van der Waals surface area contributed by atoms with Gasteiger partial charge in [0, 0.05) is 5.92 Å². The topological polar surface area (TPSA) is 42.0 Å². The maximum atomic E-state index is 11.4. The Morgan fingerprint density at radius 1 is 1.77 bits per heavy atom. The van der Waals surface area contributed by atoms with E-state index in [9.17, 15) is 4.79 Å². The van der Waals surface area contributed by atoms with Crippen LogP contribution in [-0.4, -0.2) is 10.3 Å². The highest BCUT2D eigenvalue weighted by Crippen LogP contribution is 2.16. The van der Waals surface area contributed by atoms with Crippen LogP contribution in [-0.2, 0) is 4.79 Å². The van der Waals surface area contributed by atoms with E-state index in [-0.39, 0.29) is 11.8 Å². The second-order valence-corrected chi connectivity index (χ2v) is 3.94. The number of nitrogens with one attached hydrogen (secondary N) is 1. The minimum Gasteiger partial charge on any atom is -0.316 e. The molecule has 0 radical (unpaired) electrons. The molecule has 13 heavy (non-hydrogen) atoms. The first-order valence-electron chi connectivity index (χ1n) is 4.37. The molecule has 1 atom stereocenters. The van der Waals surface area contributed by atoms with Crippen LogP contribution in [0.15, 0.2) is 6.07 Å². The zero-order valence-electron chi connectivity index (χ0n) is 8.13. The van der Waals surface area contributed by atoms with E-state index in [0.717, 1.165) is 17.1 Å². The van der Waals surface area contributed by atoms with E-state index in [1.165, 1.54) is 11.5 Å². The normalized spacial score (nSPS) is 12.5. The van der Waals surface area contributed by atoms with Crippen molar-refractivity contribution in [3.8, 4) is 0 Å². The number of carbonyl (C=O) groups is 1. The summed E-state index contributed by atoms with van der Waals surface area (Å²) in [6.45, 7) is 5.83. The largest absolute Gasteiger partial charge is 0.316 e. The molecule has 0 aliphatic heterocycles. The van der Waals surface area contributed by atoms with Gasteiger partial charge in [-0.1, -0.05) is 13.8 Å². The van der Waals surface area contributed by atoms with Gasteiger partial charge in [-0.05, 0) is 30.9 Å². The van der Waals surface area contributed by atoms with Crippen molar-refractivity contribution >= 4 is 22.4 Å². The number of aryl methyl sites for hydroxylation is 1. The van der Waals surface area contributed by atoms with Crippen LogP contribution in [0, 0.1) is 12.8 Å². The van der Waals surface area contributed by atoms with Crippen molar-refractivity contribution in [2.24, 2.45) is 5.92 Å². The fraction of sp³-hybridized carbons (Fsp3) is 0.556. The molecule has 0 saturated heterocycles. The molecule has 0 saturated carbocycles. The quantitative estimate of drug-likeness (QED) is 0.810. The summed E-state index contributed by atoms with van der Waals surface area (Å²) in [5.41, 5.74) is 0.949. The zero-order valence-corrected chi connectivity index (χ0v) is 8.94. The van der Waals surface area contributed by atoms with Crippen LogP contribution in [0.3, 0.4) is 0 Å². The fourth-order valence-corrected chi connectivity index (χ4v) is 1.52. The van der Waals surface area contributed by atoms with Crippen molar-refractivity contribution in [1.82, 2.24) is 4.37 Å². The first kappa shape index (κ1) is 10.2. The van der Waals surface area contributed by atoms with E-state index in [1.54, 1.807) is 0 Å². The van der Waals surface area contributed by atoms with Crippen LogP contribution in [0.1, 0.15) is 26.0 Å². The summed E-state index contributed by atoms with van der Waals surface area (Å²) in [7, 11) is 0. The molecule has 1 N–H and O–H groups in total. The zero-order chi connectivity index (χ0) is 9.84. The maximum Gasteiger partial charge on any atom is 0.227 e. The Kier molecular flexibility index (Phi) is 3.42. The van der Waals surface area contributed by atoms with Crippen LogP contribution in [0.4, 0.5) is 5.00 Å². The average molecular weight is 198 g/mol. The Morgan fingerprint density at radius 3 is 2.92 bits per heavy atom. The van der Waals surface area contributed by atoms with Gasteiger partial charge in [0.15, 0.2) is 0 Å². The summed E-state index contributed by atoms with van der Waals surface area (Å²) in [6, 6.07) is 1.88. The standard InChI is InChI=1S/C9H14N2OS/c1-4-6(2)9(12)10-8-5-7(3)11-13-8/h5-6H,4H2,1-3H3,(H,10,12). The van der Waals surface area contributed by atoms with Gasteiger partial charge in [-0.2, -0.15) is 4.37 Å². The van der Waals surface area contributed by atoms with Crippen molar-refractivity contribution in [3.63, 3.8) is 0 Å². The summed E-state index contributed by atoms with van der Waals surface area (Å²) in [6.07, 6.45) is 0.865. The molecule has 0 aliphatic rings. The van der Waals surface area contributed by atoms with Crippen LogP contribution in [0.2, 0.25) is 0 Å². The minimum absolute atomic E-state index is 0.0717. The Morgan fingerprint density at radius 2 is 2.46 bits per heavy atom. The Hall–Kier alpha value is -0.900. The minimum atomic E-state index is 0.0717. The molecule has 0 fully saturated rings. The van der Waals surface area contributed by atoms with Crippen LogP contribution < -0.4 is 5.32 Å². The summed E-state index contributed by atoms with van der Waals surface area (Å²) in [4.78, 5) is 11.4. The number of aromatic nitrogens is 1. The molecule has 72 valence electrons. The van der Waals surface area contributed by atoms with E-state index in [4.69, 9.17) is 0 Å². The van der Waals surface area contributed by atoms with Gasteiger partial charge in [-0.25, -0.2) is 0 Å². The SMILES string of the molecule is CCC(C)C(=O)Nc1cc(C)ns1. The number of rotatable bonds is 3. The number of anilines is 1. The van der Waals surface area contributed by atoms with Crippen molar-refractivity contribution in [1.29, 1.82) is 0 Å². The lowest BCUT2D eigenvalue weighted by Gasteiger charge is -2.06. The third-order valence-corrected chi connectivity index (χ3v) is 2.73.